The summed E-state index contributed by atoms with van der Waals surface area (Å²) in [5, 5.41) is 23.1. The first kappa shape index (κ1) is 48.2. The van der Waals surface area contributed by atoms with E-state index in [4.69, 9.17) is 74.8 Å². The van der Waals surface area contributed by atoms with Crippen LogP contribution in [0, 0.1) is 20.2 Å². The Bertz CT molecular complexity index is 2250. The maximum absolute atomic E-state index is 12.3. The molecule has 4 aromatic carbocycles. The summed E-state index contributed by atoms with van der Waals surface area (Å²) in [4.78, 5) is 69.6. The summed E-state index contributed by atoms with van der Waals surface area (Å²) >= 11 is 23.6. The maximum Gasteiger partial charge on any atom is 0.345 e. The monoisotopic (exact) mass is 906 g/mol. The first-order valence-corrected chi connectivity index (χ1v) is 18.7. The maximum atomic E-state index is 12.3. The van der Waals surface area contributed by atoms with E-state index in [1.807, 2.05) is 0 Å². The highest BCUT2D eigenvalue weighted by atomic mass is 35.5. The lowest BCUT2D eigenvalue weighted by Crippen LogP contribution is -2.23. The Labute approximate surface area is 362 Å². The van der Waals surface area contributed by atoms with Gasteiger partial charge in [0.15, 0.2) is 25.4 Å². The van der Waals surface area contributed by atoms with Gasteiger partial charge in [0.05, 0.1) is 44.3 Å². The van der Waals surface area contributed by atoms with Gasteiger partial charge in [0.25, 0.3) is 11.4 Å². The molecule has 2 atom stereocenters. The van der Waals surface area contributed by atoms with Crippen LogP contribution in [0.15, 0.2) is 109 Å². The van der Waals surface area contributed by atoms with Crippen molar-refractivity contribution in [1.29, 1.82) is 0 Å². The van der Waals surface area contributed by atoms with Gasteiger partial charge in [-0.1, -0.05) is 71.7 Å². The van der Waals surface area contributed by atoms with E-state index in [0.29, 0.717) is 15.6 Å². The molecule has 0 heterocycles. The molecule has 0 radical (unpaired) electrons. The Morgan fingerprint density at radius 2 is 1.03 bits per heavy atom. The molecule has 0 aliphatic carbocycles. The van der Waals surface area contributed by atoms with Gasteiger partial charge in [0, 0.05) is 39.9 Å². The third kappa shape index (κ3) is 14.6. The number of nitro benzene ring substituents is 2. The molecule has 0 N–H and O–H groups in total. The summed E-state index contributed by atoms with van der Waals surface area (Å²) in [6.45, 7) is 9.59. The van der Waals surface area contributed by atoms with Crippen molar-refractivity contribution in [2.75, 3.05) is 26.4 Å². The Morgan fingerprint density at radius 3 is 1.43 bits per heavy atom. The molecule has 0 aromatic heterocycles. The number of rotatable bonds is 18. The number of carbonyl (C=O) groups is 4. The smallest absolute Gasteiger partial charge is 0.345 e. The number of non-ortho nitro benzene ring substituents is 2. The fourth-order valence-corrected chi connectivity index (χ4v) is 5.63. The van der Waals surface area contributed by atoms with Gasteiger partial charge >= 0.3 is 23.9 Å². The summed E-state index contributed by atoms with van der Waals surface area (Å²) in [7, 11) is 0. The second-order valence-electron chi connectivity index (χ2n) is 11.7. The average Bonchev–Trinajstić information content (AvgIpc) is 3.21. The molecule has 0 amide bonds. The van der Waals surface area contributed by atoms with Crippen LogP contribution >= 0.6 is 46.4 Å². The fourth-order valence-electron chi connectivity index (χ4n) is 4.70. The lowest BCUT2D eigenvalue weighted by Gasteiger charge is -2.20. The molecule has 0 aliphatic heterocycles. The molecule has 4 rings (SSSR count). The van der Waals surface area contributed by atoms with Crippen LogP contribution in [0.1, 0.15) is 37.2 Å². The summed E-state index contributed by atoms with van der Waals surface area (Å²) in [6.07, 6.45) is -2.53. The average molecular weight is 909 g/mol. The number of nitro groups is 2. The molecule has 0 saturated carbocycles. The van der Waals surface area contributed by atoms with Crippen molar-refractivity contribution >= 4 is 81.7 Å². The molecular formula is C40H34Cl4N2O14. The topological polar surface area (TPSA) is 210 Å². The van der Waals surface area contributed by atoms with Crippen molar-refractivity contribution < 1.29 is 57.4 Å². The van der Waals surface area contributed by atoms with Gasteiger partial charge in [0.2, 0.25) is 0 Å². The Hall–Kier alpha value is -6.20. The zero-order chi connectivity index (χ0) is 44.5. The molecule has 0 spiro atoms. The van der Waals surface area contributed by atoms with Crippen molar-refractivity contribution in [2.24, 2.45) is 0 Å². The van der Waals surface area contributed by atoms with Crippen LogP contribution < -0.4 is 9.47 Å². The quantitative estimate of drug-likeness (QED) is 0.0299. The lowest BCUT2D eigenvalue weighted by molar-refractivity contribution is -0.385. The van der Waals surface area contributed by atoms with E-state index in [0.717, 1.165) is 0 Å². The minimum Gasteiger partial charge on any atom is -0.480 e. The second kappa shape index (κ2) is 23.4. The number of benzene rings is 4. The molecule has 2 unspecified atom stereocenters. The van der Waals surface area contributed by atoms with E-state index in [1.165, 1.54) is 84.9 Å². The third-order valence-electron chi connectivity index (χ3n) is 7.48. The molecule has 60 heavy (non-hydrogen) atoms. The highest BCUT2D eigenvalue weighted by molar-refractivity contribution is 6.36. The van der Waals surface area contributed by atoms with Crippen LogP contribution in [0.5, 0.6) is 11.5 Å². The Kier molecular flexibility index (Phi) is 18.8. The number of nitrogens with zero attached hydrogens (tertiary/aromatic N) is 2. The first-order chi connectivity index (χ1) is 28.4. The molecular weight excluding hydrogens is 874 g/mol. The van der Waals surface area contributed by atoms with Crippen LogP contribution in [0.2, 0.25) is 20.1 Å². The standard InChI is InChI=1S/2C20H17Cl2NO7/c1-3-28-20(25)12(2)19(13-4-7-15(8-5-13)23(26)27)30-18(24)11-29-17-9-6-14(21)10-16(17)22;1-3-28-20(25)12(2)19(13-5-4-6-15(9-13)23(26)27)30-18(24)11-29-17-8-7-14(21)10-16(17)22/h2*4-10,19H,2-3,11H2,1H3. The van der Waals surface area contributed by atoms with Crippen LogP contribution in [0.4, 0.5) is 11.4 Å². The van der Waals surface area contributed by atoms with E-state index in [-0.39, 0.29) is 62.8 Å². The molecule has 0 saturated heterocycles. The van der Waals surface area contributed by atoms with Crippen LogP contribution in [-0.2, 0) is 38.1 Å². The number of ether oxygens (including phenoxy) is 6. The van der Waals surface area contributed by atoms with Gasteiger partial charge in [-0.05, 0) is 67.9 Å². The number of carbonyl (C=O) groups excluding carboxylic acids is 4. The fraction of sp³-hybridized carbons (Fsp3) is 0.200. The Morgan fingerprint density at radius 1 is 0.600 bits per heavy atom. The van der Waals surface area contributed by atoms with Crippen LogP contribution in [-0.4, -0.2) is 60.2 Å². The van der Waals surface area contributed by atoms with Gasteiger partial charge in [0.1, 0.15) is 11.5 Å². The highest BCUT2D eigenvalue weighted by Crippen LogP contribution is 2.32. The highest BCUT2D eigenvalue weighted by Gasteiger charge is 2.29. The summed E-state index contributed by atoms with van der Waals surface area (Å²) in [5.41, 5.74) is -0.267. The van der Waals surface area contributed by atoms with E-state index in [9.17, 15) is 39.4 Å². The van der Waals surface area contributed by atoms with Crippen LogP contribution in [0.3, 0.4) is 0 Å². The molecule has 0 aliphatic rings. The summed E-state index contributed by atoms with van der Waals surface area (Å²) < 4.78 is 31.1. The van der Waals surface area contributed by atoms with E-state index < -0.39 is 59.1 Å². The van der Waals surface area contributed by atoms with Gasteiger partial charge in [-0.2, -0.15) is 0 Å². The van der Waals surface area contributed by atoms with E-state index >= 15 is 0 Å². The summed E-state index contributed by atoms with van der Waals surface area (Å²) in [5.74, 6) is -2.83. The van der Waals surface area contributed by atoms with Crippen molar-refractivity contribution in [1.82, 2.24) is 0 Å². The van der Waals surface area contributed by atoms with E-state index in [2.05, 4.69) is 13.2 Å². The number of esters is 4. The molecule has 316 valence electrons. The normalized spacial score (nSPS) is 11.3. The predicted molar refractivity (Wildman–Crippen MR) is 219 cm³/mol. The van der Waals surface area contributed by atoms with Crippen molar-refractivity contribution in [2.45, 2.75) is 26.1 Å². The molecule has 16 nitrogen and oxygen atoms in total. The lowest BCUT2D eigenvalue weighted by atomic mass is 10.0. The molecule has 4 aromatic rings. The van der Waals surface area contributed by atoms with Crippen LogP contribution in [0.25, 0.3) is 0 Å². The van der Waals surface area contributed by atoms with Crippen molar-refractivity contribution in [3.05, 3.63) is 161 Å². The third-order valence-corrected chi connectivity index (χ3v) is 8.54. The summed E-state index contributed by atoms with van der Waals surface area (Å²) in [6, 6.07) is 19.4. The zero-order valence-electron chi connectivity index (χ0n) is 31.6. The van der Waals surface area contributed by atoms with E-state index in [1.54, 1.807) is 13.8 Å². The predicted octanol–water partition coefficient (Wildman–Crippen LogP) is 9.37. The van der Waals surface area contributed by atoms with Crippen molar-refractivity contribution in [3.8, 4) is 11.5 Å². The number of hydrogen-bond acceptors (Lipinski definition) is 14. The van der Waals surface area contributed by atoms with Gasteiger partial charge in [-0.25, -0.2) is 19.2 Å². The first-order valence-electron chi connectivity index (χ1n) is 17.2. The molecule has 0 fully saturated rings. The zero-order valence-corrected chi connectivity index (χ0v) is 34.6. The SMILES string of the molecule is C=C(C(=O)OCC)C(OC(=O)COc1ccc(Cl)cc1Cl)c1ccc([N+](=O)[O-])cc1.C=C(C(=O)OCC)C(OC(=O)COc1ccc(Cl)cc1Cl)c1cccc([N+](=O)[O-])c1. The number of hydrogen-bond donors (Lipinski definition) is 0. The molecule has 0 bridgehead atoms. The minimum atomic E-state index is -1.30. The number of halogens is 4. The van der Waals surface area contributed by atoms with Gasteiger partial charge in [-0.15, -0.1) is 0 Å². The Balaban J connectivity index is 0.000000320. The minimum absolute atomic E-state index is 0.0750. The van der Waals surface area contributed by atoms with Gasteiger partial charge in [-0.3, -0.25) is 20.2 Å². The largest absolute Gasteiger partial charge is 0.480 e. The molecule has 20 heteroatoms. The van der Waals surface area contributed by atoms with Gasteiger partial charge < -0.3 is 28.4 Å². The second-order valence-corrected chi connectivity index (χ2v) is 13.3. The van der Waals surface area contributed by atoms with Crippen molar-refractivity contribution in [3.63, 3.8) is 0 Å².